The molecule has 1 N–H and O–H groups in total. The molecule has 8 heteroatoms. The van der Waals surface area contributed by atoms with Crippen LogP contribution in [-0.4, -0.2) is 73.5 Å². The molecule has 2 rings (SSSR count). The quantitative estimate of drug-likeness (QED) is 0.540. The first-order chi connectivity index (χ1) is 12.4. The fourth-order valence-corrected chi connectivity index (χ4v) is 3.40. The lowest BCUT2D eigenvalue weighted by Gasteiger charge is -2.44. The SMILES string of the molecule is COC1C(OCOC(=O)C(C)(C)C)C(OC(C)C)C(O)C2OC(C)(C)OC21. The van der Waals surface area contributed by atoms with Crippen LogP contribution in [0.3, 0.4) is 0 Å². The molecule has 27 heavy (non-hydrogen) atoms. The third-order valence-corrected chi connectivity index (χ3v) is 4.57. The summed E-state index contributed by atoms with van der Waals surface area (Å²) in [7, 11) is 1.54. The summed E-state index contributed by atoms with van der Waals surface area (Å²) in [5.74, 6) is -1.24. The van der Waals surface area contributed by atoms with Crippen LogP contribution in [0.1, 0.15) is 48.5 Å². The number of carbonyl (C=O) groups is 1. The highest BCUT2D eigenvalue weighted by molar-refractivity contribution is 5.75. The molecule has 1 aliphatic heterocycles. The maximum Gasteiger partial charge on any atom is 0.313 e. The Morgan fingerprint density at radius 3 is 2.22 bits per heavy atom. The molecule has 8 nitrogen and oxygen atoms in total. The maximum absolute atomic E-state index is 12.0. The Hall–Kier alpha value is -0.770. The van der Waals surface area contributed by atoms with Crippen molar-refractivity contribution in [2.45, 2.75) is 97.0 Å². The van der Waals surface area contributed by atoms with Gasteiger partial charge in [0, 0.05) is 7.11 Å². The number of hydrogen-bond acceptors (Lipinski definition) is 8. The van der Waals surface area contributed by atoms with Gasteiger partial charge in [0.25, 0.3) is 0 Å². The van der Waals surface area contributed by atoms with Gasteiger partial charge in [0.15, 0.2) is 12.6 Å². The minimum atomic E-state index is -0.978. The van der Waals surface area contributed by atoms with Crippen molar-refractivity contribution in [3.05, 3.63) is 0 Å². The van der Waals surface area contributed by atoms with Crippen molar-refractivity contribution in [3.8, 4) is 0 Å². The van der Waals surface area contributed by atoms with Gasteiger partial charge in [-0.1, -0.05) is 0 Å². The number of carbonyl (C=O) groups excluding carboxylic acids is 1. The van der Waals surface area contributed by atoms with E-state index < -0.39 is 47.8 Å². The van der Waals surface area contributed by atoms with Gasteiger partial charge in [-0.15, -0.1) is 0 Å². The van der Waals surface area contributed by atoms with Crippen LogP contribution < -0.4 is 0 Å². The number of methoxy groups -OCH3 is 1. The van der Waals surface area contributed by atoms with Crippen LogP contribution in [0.4, 0.5) is 0 Å². The molecule has 0 spiro atoms. The Morgan fingerprint density at radius 2 is 1.70 bits per heavy atom. The standard InChI is InChI=1S/C19H34O8/c1-10(2)25-12-11(20)13-16(27-19(6,7)26-13)14(22-8)15(12)23-9-24-17(21)18(3,4)5/h10-16,20H,9H2,1-8H3. The summed E-state index contributed by atoms with van der Waals surface area (Å²) in [6.07, 6.45) is -4.25. The Bertz CT molecular complexity index is 512. The van der Waals surface area contributed by atoms with Gasteiger partial charge in [-0.25, -0.2) is 0 Å². The lowest BCUT2D eigenvalue weighted by molar-refractivity contribution is -0.253. The van der Waals surface area contributed by atoms with Crippen molar-refractivity contribution < 1.29 is 38.3 Å². The van der Waals surface area contributed by atoms with E-state index in [0.717, 1.165) is 0 Å². The van der Waals surface area contributed by atoms with E-state index in [1.165, 1.54) is 7.11 Å². The first-order valence-electron chi connectivity index (χ1n) is 9.38. The molecular formula is C19H34O8. The van der Waals surface area contributed by atoms with Gasteiger partial charge in [0.2, 0.25) is 0 Å². The number of ether oxygens (including phenoxy) is 6. The Labute approximate surface area is 161 Å². The second-order valence-corrected chi connectivity index (χ2v) is 8.84. The van der Waals surface area contributed by atoms with Crippen LogP contribution in [0.2, 0.25) is 0 Å². The molecule has 2 fully saturated rings. The lowest BCUT2D eigenvalue weighted by atomic mass is 9.84. The van der Waals surface area contributed by atoms with E-state index >= 15 is 0 Å². The molecule has 0 amide bonds. The topological polar surface area (TPSA) is 92.7 Å². The van der Waals surface area contributed by atoms with E-state index in [4.69, 9.17) is 28.4 Å². The largest absolute Gasteiger partial charge is 0.438 e. The normalized spacial score (nSPS) is 35.9. The van der Waals surface area contributed by atoms with Crippen molar-refractivity contribution in [3.63, 3.8) is 0 Å². The Balaban J connectivity index is 2.17. The zero-order valence-electron chi connectivity index (χ0n) is 17.6. The predicted molar refractivity (Wildman–Crippen MR) is 95.9 cm³/mol. The molecule has 1 aliphatic carbocycles. The minimum absolute atomic E-state index is 0.155. The van der Waals surface area contributed by atoms with Crippen molar-refractivity contribution in [2.24, 2.45) is 5.41 Å². The molecule has 1 saturated carbocycles. The summed E-state index contributed by atoms with van der Waals surface area (Å²) < 4.78 is 34.4. The molecule has 158 valence electrons. The molecule has 1 saturated heterocycles. The van der Waals surface area contributed by atoms with Crippen LogP contribution in [0.5, 0.6) is 0 Å². The van der Waals surface area contributed by atoms with Gasteiger partial charge in [-0.3, -0.25) is 4.79 Å². The molecule has 0 bridgehead atoms. The fourth-order valence-electron chi connectivity index (χ4n) is 3.40. The van der Waals surface area contributed by atoms with Crippen molar-refractivity contribution in [2.75, 3.05) is 13.9 Å². The number of aliphatic hydroxyl groups excluding tert-OH is 1. The average molecular weight is 390 g/mol. The number of rotatable bonds is 6. The van der Waals surface area contributed by atoms with E-state index in [-0.39, 0.29) is 18.9 Å². The third kappa shape index (κ3) is 5.19. The molecule has 6 atom stereocenters. The number of aliphatic hydroxyl groups is 1. The lowest BCUT2D eigenvalue weighted by Crippen LogP contribution is -2.65. The summed E-state index contributed by atoms with van der Waals surface area (Å²) in [5, 5.41) is 10.9. The zero-order valence-corrected chi connectivity index (χ0v) is 17.6. The first-order valence-corrected chi connectivity index (χ1v) is 9.38. The molecule has 1 heterocycles. The summed E-state index contributed by atoms with van der Waals surface area (Å²) in [6.45, 7) is 12.3. The van der Waals surface area contributed by atoms with Gasteiger partial charge in [-0.2, -0.15) is 0 Å². The predicted octanol–water partition coefficient (Wildman–Crippen LogP) is 1.62. The average Bonchev–Trinajstić information content (AvgIpc) is 2.85. The highest BCUT2D eigenvalue weighted by Crippen LogP contribution is 2.40. The van der Waals surface area contributed by atoms with Crippen LogP contribution in [-0.2, 0) is 33.2 Å². The number of esters is 1. The van der Waals surface area contributed by atoms with Gasteiger partial charge < -0.3 is 33.5 Å². The molecular weight excluding hydrogens is 356 g/mol. The summed E-state index contributed by atoms with van der Waals surface area (Å²) in [5.41, 5.74) is -0.637. The molecule has 2 aliphatic rings. The van der Waals surface area contributed by atoms with Crippen LogP contribution in [0.15, 0.2) is 0 Å². The van der Waals surface area contributed by atoms with E-state index in [2.05, 4.69) is 0 Å². The first kappa shape index (κ1) is 22.5. The van der Waals surface area contributed by atoms with Gasteiger partial charge >= 0.3 is 5.97 Å². The van der Waals surface area contributed by atoms with Gasteiger partial charge in [0.05, 0.1) is 11.5 Å². The number of fused-ring (bicyclic) bond motifs is 1. The summed E-state index contributed by atoms with van der Waals surface area (Å²) in [6, 6.07) is 0. The molecule has 0 aromatic carbocycles. The van der Waals surface area contributed by atoms with E-state index in [1.807, 2.05) is 13.8 Å². The fraction of sp³-hybridized carbons (Fsp3) is 0.947. The highest BCUT2D eigenvalue weighted by Gasteiger charge is 2.59. The van der Waals surface area contributed by atoms with Gasteiger partial charge in [0.1, 0.15) is 36.6 Å². The smallest absolute Gasteiger partial charge is 0.313 e. The minimum Gasteiger partial charge on any atom is -0.438 e. The van der Waals surface area contributed by atoms with Crippen molar-refractivity contribution >= 4 is 5.97 Å². The van der Waals surface area contributed by atoms with Gasteiger partial charge in [-0.05, 0) is 48.5 Å². The van der Waals surface area contributed by atoms with Crippen molar-refractivity contribution in [1.82, 2.24) is 0 Å². The van der Waals surface area contributed by atoms with Crippen molar-refractivity contribution in [1.29, 1.82) is 0 Å². The van der Waals surface area contributed by atoms with Crippen LogP contribution in [0, 0.1) is 5.41 Å². The molecule has 6 unspecified atom stereocenters. The summed E-state index contributed by atoms with van der Waals surface area (Å²) >= 11 is 0. The molecule has 0 aromatic rings. The van der Waals surface area contributed by atoms with E-state index in [1.54, 1.807) is 34.6 Å². The molecule has 0 aromatic heterocycles. The van der Waals surface area contributed by atoms with Crippen LogP contribution >= 0.6 is 0 Å². The monoisotopic (exact) mass is 390 g/mol. The third-order valence-electron chi connectivity index (χ3n) is 4.57. The van der Waals surface area contributed by atoms with E-state index in [9.17, 15) is 9.90 Å². The Morgan fingerprint density at radius 1 is 1.11 bits per heavy atom. The molecule has 0 radical (unpaired) electrons. The summed E-state index contributed by atoms with van der Waals surface area (Å²) in [4.78, 5) is 12.0. The number of hydrogen-bond donors (Lipinski definition) is 1. The Kier molecular flexibility index (Phi) is 6.93. The second kappa shape index (κ2) is 8.31. The highest BCUT2D eigenvalue weighted by atomic mass is 16.8. The van der Waals surface area contributed by atoms with Crippen LogP contribution in [0.25, 0.3) is 0 Å². The zero-order chi connectivity index (χ0) is 20.6. The maximum atomic E-state index is 12.0. The second-order valence-electron chi connectivity index (χ2n) is 8.84. The van der Waals surface area contributed by atoms with E-state index in [0.29, 0.717) is 0 Å².